The molecule has 0 unspecified atom stereocenters. The van der Waals surface area contributed by atoms with E-state index in [-0.39, 0.29) is 18.5 Å². The first-order chi connectivity index (χ1) is 14.0. The first-order valence-corrected chi connectivity index (χ1v) is 11.2. The number of para-hydroxylation sites is 2. The van der Waals surface area contributed by atoms with Crippen LogP contribution in [0, 0.1) is 0 Å². The lowest BCUT2D eigenvalue weighted by Crippen LogP contribution is -3.00. The fourth-order valence-corrected chi connectivity index (χ4v) is 4.21. The van der Waals surface area contributed by atoms with E-state index in [9.17, 15) is 0 Å². The second-order valence-electron chi connectivity index (χ2n) is 9.58. The molecule has 0 atom stereocenters. The van der Waals surface area contributed by atoms with E-state index in [1.54, 1.807) is 9.48 Å². The summed E-state index contributed by atoms with van der Waals surface area (Å²) in [5, 5.41) is 0. The predicted molar refractivity (Wildman–Crippen MR) is 130 cm³/mol. The quantitative estimate of drug-likeness (QED) is 0.264. The molecule has 0 spiro atoms. The molecule has 0 bridgehead atoms. The smallest absolute Gasteiger partial charge is 0.446 e. The lowest BCUT2D eigenvalue weighted by Gasteiger charge is -2.23. The van der Waals surface area contributed by atoms with Crippen molar-refractivity contribution in [3.63, 3.8) is 0 Å². The van der Waals surface area contributed by atoms with Crippen molar-refractivity contribution in [3.8, 4) is 0 Å². The van der Waals surface area contributed by atoms with Gasteiger partial charge in [0, 0.05) is 22.3 Å². The van der Waals surface area contributed by atoms with Crippen molar-refractivity contribution < 1.29 is 21.4 Å². The zero-order valence-electron chi connectivity index (χ0n) is 20.9. The zero-order chi connectivity index (χ0) is 22.7. The zero-order valence-corrected chi connectivity index (χ0v) is 21.7. The average Bonchev–Trinajstić information content (AvgIpc) is 2.70. The summed E-state index contributed by atoms with van der Waals surface area (Å²) < 4.78 is 17.8. The van der Waals surface area contributed by atoms with Gasteiger partial charge in [-0.15, -0.1) is 4.39 Å². The Morgan fingerprint density at radius 2 is 1.03 bits per heavy atom. The maximum atomic E-state index is 16.1. The van der Waals surface area contributed by atoms with Crippen LogP contribution in [-0.4, -0.2) is 24.8 Å². The Labute approximate surface area is 195 Å². The molecule has 2 aromatic carbocycles. The highest BCUT2D eigenvalue weighted by Gasteiger charge is 2.30. The molecule has 0 amide bonds. The lowest BCUT2D eigenvalue weighted by atomic mass is 9.92. The van der Waals surface area contributed by atoms with Gasteiger partial charge in [-0.05, 0) is 23.7 Å². The fourth-order valence-electron chi connectivity index (χ4n) is 4.21. The van der Waals surface area contributed by atoms with Crippen LogP contribution in [0.5, 0.6) is 0 Å². The molecule has 0 aliphatic rings. The Morgan fingerprint density at radius 3 is 1.35 bits per heavy atom. The summed E-state index contributed by atoms with van der Waals surface area (Å²) >= 11 is 0. The van der Waals surface area contributed by atoms with Crippen molar-refractivity contribution in [3.05, 3.63) is 58.7 Å². The van der Waals surface area contributed by atoms with Gasteiger partial charge >= 0.3 is 6.09 Å². The van der Waals surface area contributed by atoms with Crippen molar-refractivity contribution in [2.45, 2.75) is 79.1 Å². The van der Waals surface area contributed by atoms with Gasteiger partial charge in [0.2, 0.25) is 0 Å². The van der Waals surface area contributed by atoms with E-state index < -0.39 is 0 Å². The van der Waals surface area contributed by atoms with Crippen LogP contribution in [0.25, 0.3) is 0 Å². The van der Waals surface area contributed by atoms with Gasteiger partial charge in [0.15, 0.2) is 0 Å². The van der Waals surface area contributed by atoms with E-state index in [2.05, 4.69) is 91.8 Å². The Kier molecular flexibility index (Phi) is 9.75. The van der Waals surface area contributed by atoms with Gasteiger partial charge in [-0.1, -0.05) is 91.8 Å². The van der Waals surface area contributed by atoms with Crippen molar-refractivity contribution >= 4 is 17.5 Å². The van der Waals surface area contributed by atoms with E-state index in [1.165, 1.54) is 22.3 Å². The summed E-state index contributed by atoms with van der Waals surface area (Å²) in [5.41, 5.74) is 6.67. The number of hydrogen-bond donors (Lipinski definition) is 0. The molecular formula is C27H40ClFN2. The minimum Gasteiger partial charge on any atom is -1.00 e. The summed E-state index contributed by atoms with van der Waals surface area (Å²) in [5.74, 6) is 1.25. The molecule has 0 aromatic heterocycles. The maximum absolute atomic E-state index is 16.1. The van der Waals surface area contributed by atoms with Gasteiger partial charge in [-0.2, -0.15) is 0 Å². The number of amidine groups is 1. The van der Waals surface area contributed by atoms with Crippen LogP contribution in [0.15, 0.2) is 36.4 Å². The molecule has 4 heteroatoms. The van der Waals surface area contributed by atoms with Gasteiger partial charge < -0.3 is 12.4 Å². The predicted octanol–water partition coefficient (Wildman–Crippen LogP) is 4.92. The van der Waals surface area contributed by atoms with Crippen LogP contribution >= 0.6 is 0 Å². The summed E-state index contributed by atoms with van der Waals surface area (Å²) in [6, 6.07) is 12.7. The molecule has 0 N–H and O–H groups in total. The van der Waals surface area contributed by atoms with Gasteiger partial charge in [0.25, 0.3) is 0 Å². The number of halogens is 2. The molecule has 2 nitrogen and oxygen atoms in total. The van der Waals surface area contributed by atoms with E-state index >= 15 is 4.39 Å². The third-order valence-corrected chi connectivity index (χ3v) is 5.91. The van der Waals surface area contributed by atoms with Crippen LogP contribution in [0.3, 0.4) is 0 Å². The Hall–Kier alpha value is -1.87. The van der Waals surface area contributed by atoms with Gasteiger partial charge in [-0.25, -0.2) is 9.48 Å². The van der Waals surface area contributed by atoms with E-state index in [4.69, 9.17) is 0 Å². The normalized spacial score (nSPS) is 12.5. The minimum absolute atomic E-state index is 0. The highest BCUT2D eigenvalue weighted by molar-refractivity contribution is 5.90. The molecular weight excluding hydrogens is 407 g/mol. The highest BCUT2D eigenvalue weighted by atomic mass is 35.5. The largest absolute Gasteiger partial charge is 1.00 e. The number of anilines is 1. The topological polar surface area (TPSA) is 6.25 Å². The average molecular weight is 447 g/mol. The molecule has 0 fully saturated rings. The minimum atomic E-state index is -0.250. The molecule has 0 saturated heterocycles. The molecule has 172 valence electrons. The lowest BCUT2D eigenvalue weighted by molar-refractivity contribution is -0.414. The first-order valence-electron chi connectivity index (χ1n) is 11.2. The molecule has 0 saturated carbocycles. The van der Waals surface area contributed by atoms with Gasteiger partial charge in [0.05, 0.1) is 14.1 Å². The van der Waals surface area contributed by atoms with Crippen molar-refractivity contribution in [1.82, 2.24) is 0 Å². The van der Waals surface area contributed by atoms with Crippen molar-refractivity contribution in [2.24, 2.45) is 0 Å². The van der Waals surface area contributed by atoms with Crippen molar-refractivity contribution in [2.75, 3.05) is 19.0 Å². The summed E-state index contributed by atoms with van der Waals surface area (Å²) in [7, 11) is 3.71. The Morgan fingerprint density at radius 1 is 0.710 bits per heavy atom. The van der Waals surface area contributed by atoms with Crippen LogP contribution in [-0.2, 0) is 0 Å². The molecule has 2 aromatic rings. The fraction of sp³-hybridized carbons (Fsp3) is 0.519. The van der Waals surface area contributed by atoms with Crippen LogP contribution in [0.2, 0.25) is 0 Å². The molecule has 0 aliphatic heterocycles. The SMILES string of the molecule is CC(C)c1cccc(C(C)C)c1N(C)C(F)=[N+](C)c1c(C(C)C)cccc1C(C)C.[Cl-]. The second kappa shape index (κ2) is 11.1. The maximum Gasteiger partial charge on any atom is 0.446 e. The molecule has 0 aliphatic carbocycles. The number of nitrogens with zero attached hydrogens (tertiary/aromatic N) is 2. The van der Waals surface area contributed by atoms with Crippen LogP contribution < -0.4 is 17.3 Å². The number of benzene rings is 2. The third-order valence-electron chi connectivity index (χ3n) is 5.91. The van der Waals surface area contributed by atoms with Crippen LogP contribution in [0.1, 0.15) is 101 Å². The molecule has 31 heavy (non-hydrogen) atoms. The van der Waals surface area contributed by atoms with E-state index in [1.807, 2.05) is 14.1 Å². The summed E-state index contributed by atoms with van der Waals surface area (Å²) in [4.78, 5) is 1.74. The Balaban J connectivity index is 0.00000480. The first kappa shape index (κ1) is 27.2. The Bertz CT molecular complexity index is 861. The summed E-state index contributed by atoms with van der Waals surface area (Å²) in [6.07, 6.45) is -0.250. The monoisotopic (exact) mass is 446 g/mol. The third kappa shape index (κ3) is 5.68. The number of rotatable bonds is 6. The molecule has 0 heterocycles. The van der Waals surface area contributed by atoms with Crippen LogP contribution in [0.4, 0.5) is 15.8 Å². The molecule has 0 radical (unpaired) electrons. The standard InChI is InChI=1S/C27H40FN2.ClH/c1-17(2)21-13-11-14-22(18(3)4)25(21)29(9)27(28)30(10)26-23(19(5)6)15-12-16-24(26)20(7)8;/h11-20H,1-10H3;1H/q+1;/p-1. The highest BCUT2D eigenvalue weighted by Crippen LogP contribution is 2.37. The summed E-state index contributed by atoms with van der Waals surface area (Å²) in [6.45, 7) is 17.4. The molecule has 2 rings (SSSR count). The van der Waals surface area contributed by atoms with Gasteiger partial charge in [0.1, 0.15) is 11.4 Å². The second-order valence-corrected chi connectivity index (χ2v) is 9.58. The van der Waals surface area contributed by atoms with E-state index in [0.29, 0.717) is 23.7 Å². The van der Waals surface area contributed by atoms with Crippen molar-refractivity contribution in [1.29, 1.82) is 0 Å². The van der Waals surface area contributed by atoms with Gasteiger partial charge in [-0.3, -0.25) is 0 Å². The van der Waals surface area contributed by atoms with E-state index in [0.717, 1.165) is 11.4 Å². The number of hydrogen-bond acceptors (Lipinski definition) is 0.